The predicted molar refractivity (Wildman–Crippen MR) is 133 cm³/mol. The highest BCUT2D eigenvalue weighted by Crippen LogP contribution is 2.46. The van der Waals surface area contributed by atoms with Crippen molar-refractivity contribution in [3.63, 3.8) is 0 Å². The largest absolute Gasteiger partial charge is 0.435 e. The van der Waals surface area contributed by atoms with Crippen molar-refractivity contribution in [3.8, 4) is 27.9 Å². The van der Waals surface area contributed by atoms with E-state index in [2.05, 4.69) is 30.7 Å². The van der Waals surface area contributed by atoms with Gasteiger partial charge in [-0.15, -0.1) is 0 Å². The van der Waals surface area contributed by atoms with Crippen molar-refractivity contribution >= 4 is 11.6 Å². The molecule has 0 bridgehead atoms. The Morgan fingerprint density at radius 3 is 2.61 bits per heavy atom. The molecular formula is C26H23F4N7O. The number of halogens is 4. The van der Waals surface area contributed by atoms with E-state index >= 15 is 0 Å². The van der Waals surface area contributed by atoms with E-state index in [1.807, 2.05) is 6.92 Å². The van der Waals surface area contributed by atoms with E-state index in [1.165, 1.54) is 23.0 Å². The zero-order valence-corrected chi connectivity index (χ0v) is 20.3. The van der Waals surface area contributed by atoms with Crippen LogP contribution in [-0.4, -0.2) is 50.5 Å². The Kier molecular flexibility index (Phi) is 5.98. The van der Waals surface area contributed by atoms with Gasteiger partial charge in [-0.3, -0.25) is 4.98 Å². The molecule has 1 saturated heterocycles. The molecule has 4 aromatic rings. The minimum Gasteiger partial charge on any atom is -0.385 e. The quantitative estimate of drug-likeness (QED) is 0.299. The maximum Gasteiger partial charge on any atom is 0.435 e. The first-order chi connectivity index (χ1) is 18.3. The fourth-order valence-corrected chi connectivity index (χ4v) is 4.94. The molecule has 1 atom stereocenters. The van der Waals surface area contributed by atoms with Gasteiger partial charge in [0.15, 0.2) is 5.69 Å². The third-order valence-electron chi connectivity index (χ3n) is 6.66. The summed E-state index contributed by atoms with van der Waals surface area (Å²) < 4.78 is 61.7. The van der Waals surface area contributed by atoms with E-state index in [0.29, 0.717) is 71.5 Å². The molecule has 1 unspecified atom stereocenters. The van der Waals surface area contributed by atoms with E-state index in [0.717, 1.165) is 18.1 Å². The third-order valence-corrected chi connectivity index (χ3v) is 6.66. The average Bonchev–Trinajstić information content (AvgIpc) is 3.64. The molecule has 0 radical (unpaired) electrons. The van der Waals surface area contributed by atoms with Gasteiger partial charge in [0.2, 0.25) is 5.95 Å². The van der Waals surface area contributed by atoms with Gasteiger partial charge >= 0.3 is 6.18 Å². The molecule has 0 amide bonds. The number of benzene rings is 1. The lowest BCUT2D eigenvalue weighted by molar-refractivity contribution is -0.141. The monoisotopic (exact) mass is 525 g/mol. The van der Waals surface area contributed by atoms with Gasteiger partial charge in [-0.25, -0.2) is 19.0 Å². The summed E-state index contributed by atoms with van der Waals surface area (Å²) in [5, 5.41) is 10.2. The average molecular weight is 526 g/mol. The van der Waals surface area contributed by atoms with Crippen LogP contribution >= 0.6 is 0 Å². The highest BCUT2D eigenvalue weighted by molar-refractivity contribution is 5.91. The highest BCUT2D eigenvalue weighted by atomic mass is 19.4. The van der Waals surface area contributed by atoms with Crippen LogP contribution in [0.4, 0.5) is 29.2 Å². The van der Waals surface area contributed by atoms with Crippen molar-refractivity contribution < 1.29 is 22.3 Å². The van der Waals surface area contributed by atoms with Crippen LogP contribution in [0.5, 0.6) is 0 Å². The van der Waals surface area contributed by atoms with Gasteiger partial charge in [0.1, 0.15) is 5.82 Å². The molecule has 1 aliphatic heterocycles. The summed E-state index contributed by atoms with van der Waals surface area (Å²) in [5.74, 6) is -0.0453. The van der Waals surface area contributed by atoms with E-state index in [4.69, 9.17) is 4.74 Å². The van der Waals surface area contributed by atoms with Gasteiger partial charge in [0, 0.05) is 66.7 Å². The fourth-order valence-electron chi connectivity index (χ4n) is 4.94. The minimum atomic E-state index is -4.62. The molecule has 6 rings (SSSR count). The summed E-state index contributed by atoms with van der Waals surface area (Å²) >= 11 is 0. The molecule has 0 spiro atoms. The molecule has 0 saturated carbocycles. The second-order valence-electron chi connectivity index (χ2n) is 9.17. The van der Waals surface area contributed by atoms with Gasteiger partial charge < -0.3 is 15.4 Å². The van der Waals surface area contributed by atoms with Crippen molar-refractivity contribution in [2.75, 3.05) is 30.4 Å². The third kappa shape index (κ3) is 4.34. The molecule has 4 heterocycles. The number of alkyl halides is 3. The normalized spacial score (nSPS) is 16.4. The molecule has 196 valence electrons. The summed E-state index contributed by atoms with van der Waals surface area (Å²) in [6.45, 7) is 3.72. The van der Waals surface area contributed by atoms with Gasteiger partial charge in [-0.05, 0) is 42.7 Å². The lowest BCUT2D eigenvalue weighted by atomic mass is 9.99. The van der Waals surface area contributed by atoms with Gasteiger partial charge in [-0.2, -0.15) is 18.3 Å². The van der Waals surface area contributed by atoms with Gasteiger partial charge in [0.25, 0.3) is 0 Å². The van der Waals surface area contributed by atoms with E-state index < -0.39 is 17.7 Å². The van der Waals surface area contributed by atoms with Crippen LogP contribution in [0.15, 0.2) is 43.0 Å². The summed E-state index contributed by atoms with van der Waals surface area (Å²) in [6, 6.07) is 3.83. The topological polar surface area (TPSA) is 89.8 Å². The lowest BCUT2D eigenvalue weighted by Gasteiger charge is -2.16. The van der Waals surface area contributed by atoms with Crippen molar-refractivity contribution in [3.05, 3.63) is 65.8 Å². The predicted octanol–water partition coefficient (Wildman–Crippen LogP) is 5.09. The van der Waals surface area contributed by atoms with Gasteiger partial charge in [-0.1, -0.05) is 0 Å². The Bertz CT molecular complexity index is 1490. The maximum absolute atomic E-state index is 14.7. The fraction of sp³-hybridized carbons (Fsp3) is 0.308. The van der Waals surface area contributed by atoms with E-state index in [9.17, 15) is 17.6 Å². The number of hydrogen-bond acceptors (Lipinski definition) is 7. The van der Waals surface area contributed by atoms with Crippen LogP contribution in [0.1, 0.15) is 30.3 Å². The van der Waals surface area contributed by atoms with Crippen LogP contribution in [0, 0.1) is 5.82 Å². The van der Waals surface area contributed by atoms with Crippen molar-refractivity contribution in [2.24, 2.45) is 0 Å². The second kappa shape index (κ2) is 9.35. The lowest BCUT2D eigenvalue weighted by Crippen LogP contribution is -2.20. The Morgan fingerprint density at radius 1 is 1.11 bits per heavy atom. The first-order valence-corrected chi connectivity index (χ1v) is 12.2. The van der Waals surface area contributed by atoms with Crippen molar-refractivity contribution in [1.29, 1.82) is 0 Å². The zero-order valence-electron chi connectivity index (χ0n) is 20.3. The first kappa shape index (κ1) is 24.3. The van der Waals surface area contributed by atoms with Gasteiger partial charge in [0.05, 0.1) is 24.0 Å². The molecule has 38 heavy (non-hydrogen) atoms. The molecule has 2 N–H and O–H groups in total. The number of fused-ring (bicyclic) bond motifs is 3. The second-order valence-corrected chi connectivity index (χ2v) is 9.17. The Hall–Kier alpha value is -4.06. The van der Waals surface area contributed by atoms with Crippen LogP contribution in [-0.2, 0) is 17.3 Å². The number of rotatable bonds is 6. The Morgan fingerprint density at radius 2 is 1.92 bits per heavy atom. The van der Waals surface area contributed by atoms with Crippen molar-refractivity contribution in [1.82, 2.24) is 24.7 Å². The molecule has 1 aliphatic carbocycles. The number of anilines is 2. The molecule has 8 nitrogen and oxygen atoms in total. The standard InChI is InChI=1S/C26H23F4N7O/c1-2-31-20-8-15(27)7-18-17(20)9-21-23(18)24(37-5-3-22(36-37)26(28,29)30)19(12-32-21)14-10-33-25(34-11-14)35-16-4-6-38-13-16/h3,5,7-8,10-12,16,31H,2,4,6,9,13H2,1H3,(H,33,34,35). The minimum absolute atomic E-state index is 0.111. The SMILES string of the molecule is CCNc1cc(F)cc2c1Cc1ncc(-c3cnc(NC4CCOC4)nc3)c(-n3ccc(C(F)(F)F)n3)c1-2. The van der Waals surface area contributed by atoms with Crippen molar-refractivity contribution in [2.45, 2.75) is 32.0 Å². The Balaban J connectivity index is 1.51. The van der Waals surface area contributed by atoms with Crippen LogP contribution in [0.25, 0.3) is 27.9 Å². The smallest absolute Gasteiger partial charge is 0.385 e. The number of ether oxygens (including phenoxy) is 1. The number of pyridine rings is 1. The summed E-state index contributed by atoms with van der Waals surface area (Å²) in [7, 11) is 0. The van der Waals surface area contributed by atoms with Crippen LogP contribution < -0.4 is 10.6 Å². The van der Waals surface area contributed by atoms with Crippen LogP contribution in [0.3, 0.4) is 0 Å². The number of nitrogens with one attached hydrogen (secondary N) is 2. The maximum atomic E-state index is 14.7. The van der Waals surface area contributed by atoms with E-state index in [1.54, 1.807) is 18.6 Å². The number of hydrogen-bond donors (Lipinski definition) is 2. The Labute approximate surface area is 215 Å². The highest BCUT2D eigenvalue weighted by Gasteiger charge is 2.35. The van der Waals surface area contributed by atoms with E-state index in [-0.39, 0.29) is 6.04 Å². The first-order valence-electron chi connectivity index (χ1n) is 12.2. The molecule has 1 fully saturated rings. The molecular weight excluding hydrogens is 502 g/mol. The van der Waals surface area contributed by atoms with Crippen LogP contribution in [0.2, 0.25) is 0 Å². The molecule has 2 aliphatic rings. The molecule has 1 aromatic carbocycles. The summed E-state index contributed by atoms with van der Waals surface area (Å²) in [5.41, 5.74) is 3.48. The molecule has 12 heteroatoms. The summed E-state index contributed by atoms with van der Waals surface area (Å²) in [6.07, 6.45) is 2.61. The number of aromatic nitrogens is 5. The zero-order chi connectivity index (χ0) is 26.4. The molecule has 3 aromatic heterocycles. The summed E-state index contributed by atoms with van der Waals surface area (Å²) in [4.78, 5) is 13.4. The number of nitrogens with zero attached hydrogens (tertiary/aromatic N) is 5.